The van der Waals surface area contributed by atoms with E-state index >= 15 is 0 Å². The summed E-state index contributed by atoms with van der Waals surface area (Å²) in [5, 5.41) is 14.2. The first kappa shape index (κ1) is 16.4. The fraction of sp³-hybridized carbons (Fsp3) is 0.143. The van der Waals surface area contributed by atoms with Crippen molar-refractivity contribution in [1.29, 1.82) is 0 Å². The van der Waals surface area contributed by atoms with Crippen LogP contribution in [0, 0.1) is 17.0 Å². The van der Waals surface area contributed by atoms with Crippen molar-refractivity contribution >= 4 is 45.0 Å². The molecule has 0 unspecified atom stereocenters. The van der Waals surface area contributed by atoms with Gasteiger partial charge in [-0.2, -0.15) is 0 Å². The van der Waals surface area contributed by atoms with E-state index in [0.29, 0.717) is 5.69 Å². The molecule has 2 rings (SSSR count). The molecule has 0 saturated carbocycles. The largest absolute Gasteiger partial charge is 0.325 e. The highest BCUT2D eigenvalue weighted by Crippen LogP contribution is 2.23. The maximum atomic E-state index is 11.9. The molecule has 6 nitrogen and oxygen atoms in total. The SMILES string of the molecule is Cc1ccc([N+](=O)[O-])cc1NC(=O)CSc1ccc(Br)cn1. The fourth-order valence-corrected chi connectivity index (χ4v) is 2.51. The standard InChI is InChI=1S/C14H12BrN3O3S/c1-9-2-4-11(18(20)21)6-12(9)17-13(19)8-22-14-5-3-10(15)7-16-14/h2-7H,8H2,1H3,(H,17,19). The van der Waals surface area contributed by atoms with E-state index in [1.54, 1.807) is 25.3 Å². The van der Waals surface area contributed by atoms with Crippen molar-refractivity contribution in [2.45, 2.75) is 11.9 Å². The molecule has 1 heterocycles. The first-order valence-corrected chi connectivity index (χ1v) is 8.03. The van der Waals surface area contributed by atoms with E-state index in [4.69, 9.17) is 0 Å². The van der Waals surface area contributed by atoms with Gasteiger partial charge in [-0.15, -0.1) is 0 Å². The number of carbonyl (C=O) groups excluding carboxylic acids is 1. The number of non-ortho nitro benzene ring substituents is 1. The molecule has 0 bridgehead atoms. The number of benzene rings is 1. The molecule has 0 aliphatic rings. The van der Waals surface area contributed by atoms with Crippen molar-refractivity contribution in [1.82, 2.24) is 4.98 Å². The van der Waals surface area contributed by atoms with E-state index in [1.165, 1.54) is 23.9 Å². The van der Waals surface area contributed by atoms with Crippen molar-refractivity contribution in [3.8, 4) is 0 Å². The van der Waals surface area contributed by atoms with E-state index < -0.39 is 4.92 Å². The van der Waals surface area contributed by atoms with Gasteiger partial charge in [0.1, 0.15) is 0 Å². The summed E-state index contributed by atoms with van der Waals surface area (Å²) in [5.74, 6) is -0.0603. The van der Waals surface area contributed by atoms with Gasteiger partial charge in [0.05, 0.1) is 21.4 Å². The number of nitro groups is 1. The number of nitrogens with zero attached hydrogens (tertiary/aromatic N) is 2. The van der Waals surface area contributed by atoms with Crippen LogP contribution >= 0.6 is 27.7 Å². The number of nitro benzene ring substituents is 1. The van der Waals surface area contributed by atoms with Crippen molar-refractivity contribution in [3.05, 3.63) is 56.7 Å². The fourth-order valence-electron chi connectivity index (χ4n) is 1.63. The van der Waals surface area contributed by atoms with Gasteiger partial charge in [-0.25, -0.2) is 4.98 Å². The lowest BCUT2D eigenvalue weighted by Crippen LogP contribution is -2.15. The molecule has 0 radical (unpaired) electrons. The summed E-state index contributed by atoms with van der Waals surface area (Å²) < 4.78 is 0.869. The Morgan fingerprint density at radius 3 is 2.82 bits per heavy atom. The average Bonchev–Trinajstić information content (AvgIpc) is 2.48. The minimum Gasteiger partial charge on any atom is -0.325 e. The number of carbonyl (C=O) groups is 1. The highest BCUT2D eigenvalue weighted by Gasteiger charge is 2.11. The lowest BCUT2D eigenvalue weighted by atomic mass is 10.2. The number of thioether (sulfide) groups is 1. The summed E-state index contributed by atoms with van der Waals surface area (Å²) in [6, 6.07) is 8.02. The average molecular weight is 382 g/mol. The molecule has 8 heteroatoms. The van der Waals surface area contributed by atoms with Crippen LogP contribution in [0.15, 0.2) is 46.0 Å². The van der Waals surface area contributed by atoms with Crippen LogP contribution in [0.5, 0.6) is 0 Å². The molecule has 0 spiro atoms. The number of amides is 1. The minimum atomic E-state index is -0.490. The third-order valence-electron chi connectivity index (χ3n) is 2.76. The van der Waals surface area contributed by atoms with Crippen LogP contribution in [0.3, 0.4) is 0 Å². The second-order valence-electron chi connectivity index (χ2n) is 4.41. The molecule has 0 aliphatic heterocycles. The molecule has 0 aliphatic carbocycles. The van der Waals surface area contributed by atoms with Gasteiger partial charge in [0.15, 0.2) is 0 Å². The van der Waals surface area contributed by atoms with Crippen molar-refractivity contribution in [2.24, 2.45) is 0 Å². The predicted molar refractivity (Wildman–Crippen MR) is 89.1 cm³/mol. The van der Waals surface area contributed by atoms with Crippen LogP contribution in [0.25, 0.3) is 0 Å². The second kappa shape index (κ2) is 7.37. The molecular formula is C14H12BrN3O3S. The Balaban J connectivity index is 1.98. The maximum Gasteiger partial charge on any atom is 0.271 e. The maximum absolute atomic E-state index is 11.9. The Kier molecular flexibility index (Phi) is 5.51. The van der Waals surface area contributed by atoms with Crippen LogP contribution in [0.2, 0.25) is 0 Å². The third kappa shape index (κ3) is 4.54. The van der Waals surface area contributed by atoms with Gasteiger partial charge in [-0.3, -0.25) is 14.9 Å². The summed E-state index contributed by atoms with van der Waals surface area (Å²) in [6.45, 7) is 1.78. The Labute approximate surface area is 139 Å². The van der Waals surface area contributed by atoms with E-state index in [2.05, 4.69) is 26.2 Å². The third-order valence-corrected chi connectivity index (χ3v) is 4.17. The molecule has 0 atom stereocenters. The van der Waals surface area contributed by atoms with E-state index in [0.717, 1.165) is 15.1 Å². The molecule has 1 amide bonds. The second-order valence-corrected chi connectivity index (χ2v) is 6.32. The summed E-state index contributed by atoms with van der Waals surface area (Å²) >= 11 is 4.59. The highest BCUT2D eigenvalue weighted by atomic mass is 79.9. The smallest absolute Gasteiger partial charge is 0.271 e. The van der Waals surface area contributed by atoms with Gasteiger partial charge in [0, 0.05) is 22.8 Å². The van der Waals surface area contributed by atoms with Crippen LogP contribution in [0.4, 0.5) is 11.4 Å². The summed E-state index contributed by atoms with van der Waals surface area (Å²) in [7, 11) is 0. The first-order valence-electron chi connectivity index (χ1n) is 6.25. The molecule has 1 aromatic carbocycles. The molecule has 1 aromatic heterocycles. The van der Waals surface area contributed by atoms with Crippen LogP contribution in [-0.4, -0.2) is 21.6 Å². The number of aromatic nitrogens is 1. The number of hydrogen-bond acceptors (Lipinski definition) is 5. The molecular weight excluding hydrogens is 370 g/mol. The van der Waals surface area contributed by atoms with Gasteiger partial charge < -0.3 is 5.32 Å². The number of rotatable bonds is 5. The van der Waals surface area contributed by atoms with Gasteiger partial charge in [-0.1, -0.05) is 17.8 Å². The van der Waals surface area contributed by atoms with E-state index in [1.807, 2.05) is 6.07 Å². The zero-order valence-electron chi connectivity index (χ0n) is 11.6. The molecule has 1 N–H and O–H groups in total. The van der Waals surface area contributed by atoms with E-state index in [-0.39, 0.29) is 17.3 Å². The first-order chi connectivity index (χ1) is 10.5. The Morgan fingerprint density at radius 1 is 1.41 bits per heavy atom. The quantitative estimate of drug-likeness (QED) is 0.483. The number of nitrogens with one attached hydrogen (secondary N) is 1. The predicted octanol–water partition coefficient (Wildman–Crippen LogP) is 3.79. The normalized spacial score (nSPS) is 10.3. The zero-order chi connectivity index (χ0) is 16.1. The Morgan fingerprint density at radius 2 is 2.18 bits per heavy atom. The van der Waals surface area contributed by atoms with Crippen molar-refractivity contribution < 1.29 is 9.72 Å². The number of aryl methyl sites for hydroxylation is 1. The number of pyridine rings is 1. The molecule has 114 valence electrons. The molecule has 2 aromatic rings. The highest BCUT2D eigenvalue weighted by molar-refractivity contribution is 9.10. The Hall–Kier alpha value is -1.93. The lowest BCUT2D eigenvalue weighted by molar-refractivity contribution is -0.384. The van der Waals surface area contributed by atoms with Crippen LogP contribution < -0.4 is 5.32 Å². The molecule has 22 heavy (non-hydrogen) atoms. The molecule has 0 saturated heterocycles. The molecule has 0 fully saturated rings. The van der Waals surface area contributed by atoms with Crippen molar-refractivity contribution in [3.63, 3.8) is 0 Å². The van der Waals surface area contributed by atoms with Gasteiger partial charge in [-0.05, 0) is 40.5 Å². The van der Waals surface area contributed by atoms with Gasteiger partial charge in [0.25, 0.3) is 5.69 Å². The topological polar surface area (TPSA) is 85.1 Å². The van der Waals surface area contributed by atoms with E-state index in [9.17, 15) is 14.9 Å². The van der Waals surface area contributed by atoms with Crippen molar-refractivity contribution in [2.75, 3.05) is 11.1 Å². The monoisotopic (exact) mass is 381 g/mol. The minimum absolute atomic E-state index is 0.0527. The number of halogens is 1. The summed E-state index contributed by atoms with van der Waals surface area (Å²) in [6.07, 6.45) is 1.66. The summed E-state index contributed by atoms with van der Waals surface area (Å²) in [5.41, 5.74) is 1.16. The van der Waals surface area contributed by atoms with Crippen LogP contribution in [-0.2, 0) is 4.79 Å². The summed E-state index contributed by atoms with van der Waals surface area (Å²) in [4.78, 5) is 26.4. The number of hydrogen-bond donors (Lipinski definition) is 1. The van der Waals surface area contributed by atoms with Crippen LogP contribution in [0.1, 0.15) is 5.56 Å². The number of anilines is 1. The van der Waals surface area contributed by atoms with Gasteiger partial charge in [0.2, 0.25) is 5.91 Å². The zero-order valence-corrected chi connectivity index (χ0v) is 14.0. The lowest BCUT2D eigenvalue weighted by Gasteiger charge is -2.08. The van der Waals surface area contributed by atoms with Gasteiger partial charge >= 0.3 is 0 Å². The Bertz CT molecular complexity index is 707.